The van der Waals surface area contributed by atoms with Gasteiger partial charge in [-0.15, -0.1) is 11.3 Å². The molecule has 2 aromatic rings. The van der Waals surface area contributed by atoms with Crippen LogP contribution in [0.25, 0.3) is 0 Å². The Labute approximate surface area is 150 Å². The third kappa shape index (κ3) is 5.25. The Kier molecular flexibility index (Phi) is 7.08. The van der Waals surface area contributed by atoms with E-state index in [2.05, 4.69) is 10.6 Å². The monoisotopic (exact) mass is 366 g/mol. The molecule has 2 rings (SSSR count). The second-order valence-electron chi connectivity index (χ2n) is 4.92. The third-order valence-electron chi connectivity index (χ3n) is 3.16. The first-order valence-corrected chi connectivity index (χ1v) is 8.90. The highest BCUT2D eigenvalue weighted by Crippen LogP contribution is 2.25. The normalized spacial score (nSPS) is 10.2. The zero-order chi connectivity index (χ0) is 17.4. The number of carbonyl (C=O) groups excluding carboxylic acids is 2. The lowest BCUT2D eigenvalue weighted by molar-refractivity contribution is 0.0953. The zero-order valence-corrected chi connectivity index (χ0v) is 14.9. The van der Waals surface area contributed by atoms with Crippen molar-refractivity contribution in [3.05, 3.63) is 51.2 Å². The number of hydrogen-bond donors (Lipinski definition) is 2. The third-order valence-corrected chi connectivity index (χ3v) is 4.33. The van der Waals surface area contributed by atoms with Gasteiger partial charge in [0.2, 0.25) is 0 Å². The van der Waals surface area contributed by atoms with E-state index >= 15 is 0 Å². The van der Waals surface area contributed by atoms with E-state index in [0.29, 0.717) is 47.3 Å². The maximum absolute atomic E-state index is 12.1. The van der Waals surface area contributed by atoms with Gasteiger partial charge in [0.05, 0.1) is 16.5 Å². The molecule has 1 aromatic heterocycles. The van der Waals surface area contributed by atoms with Gasteiger partial charge in [-0.2, -0.15) is 0 Å². The minimum absolute atomic E-state index is 0.0883. The summed E-state index contributed by atoms with van der Waals surface area (Å²) in [5, 5.41) is 7.88. The molecule has 1 aromatic carbocycles. The van der Waals surface area contributed by atoms with Gasteiger partial charge in [0, 0.05) is 18.7 Å². The average molecular weight is 367 g/mol. The summed E-state index contributed by atoms with van der Waals surface area (Å²) in [6, 6.07) is 8.55. The molecule has 0 aliphatic rings. The first kappa shape index (κ1) is 18.3. The first-order chi connectivity index (χ1) is 11.6. The fraction of sp³-hybridized carbons (Fsp3) is 0.294. The van der Waals surface area contributed by atoms with Gasteiger partial charge in [-0.25, -0.2) is 0 Å². The average Bonchev–Trinajstić information content (AvgIpc) is 3.11. The highest BCUT2D eigenvalue weighted by atomic mass is 35.5. The van der Waals surface area contributed by atoms with Crippen LogP contribution in [0.1, 0.15) is 33.4 Å². The fourth-order valence-corrected chi connectivity index (χ4v) is 2.88. The molecule has 7 heteroatoms. The molecule has 0 fully saturated rings. The van der Waals surface area contributed by atoms with Crippen LogP contribution in [0.3, 0.4) is 0 Å². The van der Waals surface area contributed by atoms with Gasteiger partial charge in [0.25, 0.3) is 11.8 Å². The molecule has 2 amide bonds. The smallest absolute Gasteiger partial charge is 0.261 e. The molecule has 0 aliphatic carbocycles. The lowest BCUT2D eigenvalue weighted by Gasteiger charge is -2.09. The molecular formula is C17H19ClN2O3S. The standard InChI is InChI=1S/C17H19ClN2O3S/c1-2-23-14-7-6-12(11-13(14)18)16(21)19-8-4-9-20-17(22)15-5-3-10-24-15/h3,5-7,10-11H,2,4,8-9H2,1H3,(H,19,21)(H,20,22). The van der Waals surface area contributed by atoms with Crippen molar-refractivity contribution in [2.24, 2.45) is 0 Å². The van der Waals surface area contributed by atoms with Crippen LogP contribution >= 0.6 is 22.9 Å². The molecule has 0 spiro atoms. The van der Waals surface area contributed by atoms with E-state index in [9.17, 15) is 9.59 Å². The Hall–Kier alpha value is -2.05. The Bertz CT molecular complexity index is 689. The van der Waals surface area contributed by atoms with Crippen LogP contribution in [0.5, 0.6) is 5.75 Å². The quantitative estimate of drug-likeness (QED) is 0.704. The minimum Gasteiger partial charge on any atom is -0.492 e. The number of carbonyl (C=O) groups is 2. The number of benzene rings is 1. The van der Waals surface area contributed by atoms with Crippen LogP contribution < -0.4 is 15.4 Å². The van der Waals surface area contributed by atoms with Crippen molar-refractivity contribution in [3.63, 3.8) is 0 Å². The number of rotatable bonds is 8. The van der Waals surface area contributed by atoms with E-state index in [4.69, 9.17) is 16.3 Å². The lowest BCUT2D eigenvalue weighted by Crippen LogP contribution is -2.29. The summed E-state index contributed by atoms with van der Waals surface area (Å²) in [6.45, 7) is 3.35. The molecule has 0 unspecified atom stereocenters. The van der Waals surface area contributed by atoms with E-state index in [1.165, 1.54) is 11.3 Å². The Morgan fingerprint density at radius 3 is 2.54 bits per heavy atom. The van der Waals surface area contributed by atoms with Crippen molar-refractivity contribution in [2.75, 3.05) is 19.7 Å². The fourth-order valence-electron chi connectivity index (χ4n) is 2.00. The Balaban J connectivity index is 1.71. The summed E-state index contributed by atoms with van der Waals surface area (Å²) in [6.07, 6.45) is 0.646. The van der Waals surface area contributed by atoms with Crippen LogP contribution in [0.2, 0.25) is 5.02 Å². The Morgan fingerprint density at radius 2 is 1.92 bits per heavy atom. The van der Waals surface area contributed by atoms with Gasteiger partial charge in [0.1, 0.15) is 5.75 Å². The predicted molar refractivity (Wildman–Crippen MR) is 96.2 cm³/mol. The van der Waals surface area contributed by atoms with Crippen LogP contribution in [-0.2, 0) is 0 Å². The Morgan fingerprint density at radius 1 is 1.17 bits per heavy atom. The number of amides is 2. The van der Waals surface area contributed by atoms with Gasteiger partial charge < -0.3 is 15.4 Å². The van der Waals surface area contributed by atoms with Crippen molar-refractivity contribution in [3.8, 4) is 5.75 Å². The highest BCUT2D eigenvalue weighted by Gasteiger charge is 2.09. The van der Waals surface area contributed by atoms with Crippen LogP contribution in [0.4, 0.5) is 0 Å². The summed E-state index contributed by atoms with van der Waals surface area (Å²) < 4.78 is 5.33. The number of halogens is 1. The van der Waals surface area contributed by atoms with Crippen LogP contribution in [-0.4, -0.2) is 31.5 Å². The molecule has 24 heavy (non-hydrogen) atoms. The molecule has 0 bridgehead atoms. The largest absolute Gasteiger partial charge is 0.492 e. The van der Waals surface area contributed by atoms with Gasteiger partial charge in [-0.3, -0.25) is 9.59 Å². The highest BCUT2D eigenvalue weighted by molar-refractivity contribution is 7.12. The number of nitrogens with one attached hydrogen (secondary N) is 2. The van der Waals surface area contributed by atoms with Crippen molar-refractivity contribution in [1.82, 2.24) is 10.6 Å². The predicted octanol–water partition coefficient (Wildman–Crippen LogP) is 3.35. The van der Waals surface area contributed by atoms with Gasteiger partial charge in [0.15, 0.2) is 0 Å². The van der Waals surface area contributed by atoms with Crippen LogP contribution in [0, 0.1) is 0 Å². The molecule has 0 atom stereocenters. The number of hydrogen-bond acceptors (Lipinski definition) is 4. The van der Waals surface area contributed by atoms with Crippen molar-refractivity contribution >= 4 is 34.8 Å². The molecule has 0 saturated heterocycles. The van der Waals surface area contributed by atoms with E-state index in [1.807, 2.05) is 18.4 Å². The van der Waals surface area contributed by atoms with Crippen molar-refractivity contribution in [2.45, 2.75) is 13.3 Å². The summed E-state index contributed by atoms with van der Waals surface area (Å²) in [5.74, 6) is 0.270. The SMILES string of the molecule is CCOc1ccc(C(=O)NCCCNC(=O)c2cccs2)cc1Cl. The minimum atomic E-state index is -0.204. The van der Waals surface area contributed by atoms with Crippen molar-refractivity contribution < 1.29 is 14.3 Å². The molecule has 128 valence electrons. The summed E-state index contributed by atoms with van der Waals surface area (Å²) in [5.41, 5.74) is 0.478. The summed E-state index contributed by atoms with van der Waals surface area (Å²) in [4.78, 5) is 24.5. The molecule has 2 N–H and O–H groups in total. The topological polar surface area (TPSA) is 67.4 Å². The van der Waals surface area contributed by atoms with Gasteiger partial charge in [-0.05, 0) is 43.0 Å². The lowest BCUT2D eigenvalue weighted by atomic mass is 10.2. The number of ether oxygens (including phenoxy) is 1. The summed E-state index contributed by atoms with van der Waals surface area (Å²) in [7, 11) is 0. The second kappa shape index (κ2) is 9.30. The van der Waals surface area contributed by atoms with Gasteiger partial charge >= 0.3 is 0 Å². The molecule has 5 nitrogen and oxygen atoms in total. The molecule has 0 aliphatic heterocycles. The number of thiophene rings is 1. The van der Waals surface area contributed by atoms with Gasteiger partial charge in [-0.1, -0.05) is 17.7 Å². The zero-order valence-electron chi connectivity index (χ0n) is 13.3. The summed E-state index contributed by atoms with van der Waals surface area (Å²) >= 11 is 7.47. The van der Waals surface area contributed by atoms with Crippen LogP contribution in [0.15, 0.2) is 35.7 Å². The van der Waals surface area contributed by atoms with E-state index in [1.54, 1.807) is 24.3 Å². The molecule has 0 saturated carbocycles. The molecule has 1 heterocycles. The van der Waals surface area contributed by atoms with E-state index in [0.717, 1.165) is 0 Å². The molecular weight excluding hydrogens is 348 g/mol. The van der Waals surface area contributed by atoms with Crippen molar-refractivity contribution in [1.29, 1.82) is 0 Å². The molecule has 0 radical (unpaired) electrons. The maximum Gasteiger partial charge on any atom is 0.261 e. The van der Waals surface area contributed by atoms with E-state index in [-0.39, 0.29) is 11.8 Å². The first-order valence-electron chi connectivity index (χ1n) is 7.64. The maximum atomic E-state index is 12.1. The second-order valence-corrected chi connectivity index (χ2v) is 6.28. The van der Waals surface area contributed by atoms with E-state index < -0.39 is 0 Å².